The molecule has 0 unspecified atom stereocenters. The maximum atomic E-state index is 13.9. The van der Waals surface area contributed by atoms with Crippen LogP contribution in [0.25, 0.3) is 11.0 Å². The van der Waals surface area contributed by atoms with E-state index in [2.05, 4.69) is 56.7 Å². The maximum absolute atomic E-state index is 13.9. The van der Waals surface area contributed by atoms with Crippen LogP contribution in [0.3, 0.4) is 0 Å². The lowest BCUT2D eigenvalue weighted by atomic mass is 9.59. The highest BCUT2D eigenvalue weighted by atomic mass is 19.4. The van der Waals surface area contributed by atoms with Crippen LogP contribution in [0.1, 0.15) is 142 Å². The zero-order chi connectivity index (χ0) is 64.5. The highest BCUT2D eigenvalue weighted by Crippen LogP contribution is 2.33. The van der Waals surface area contributed by atoms with Gasteiger partial charge in [0.15, 0.2) is 17.3 Å². The topological polar surface area (TPSA) is 291 Å². The Bertz CT molecular complexity index is 3280. The van der Waals surface area contributed by atoms with Gasteiger partial charge in [-0.2, -0.15) is 13.2 Å². The van der Waals surface area contributed by atoms with Crippen LogP contribution in [0.4, 0.5) is 17.6 Å². The van der Waals surface area contributed by atoms with Gasteiger partial charge in [-0.15, -0.1) is 0 Å². The maximum Gasteiger partial charge on any atom is 0.475 e. The fourth-order valence-corrected chi connectivity index (χ4v) is 8.69. The number of ketones is 3. The Morgan fingerprint density at radius 1 is 0.616 bits per heavy atom. The molecule has 0 fully saturated rings. The third-order valence-corrected chi connectivity index (χ3v) is 13.9. The Morgan fingerprint density at radius 2 is 1.16 bits per heavy atom. The Morgan fingerprint density at radius 3 is 1.70 bits per heavy atom. The Kier molecular flexibility index (Phi) is 25.3. The summed E-state index contributed by atoms with van der Waals surface area (Å²) in [6.45, 7) is 18.4. The summed E-state index contributed by atoms with van der Waals surface area (Å²) in [5.74, 6) is -5.83. The SMILES string of the molecule is CB(O)[C@H](CC(C)(C)C)NC(=O)C(C)(C)CC(=O)c1cnccn1.CC(C)(CC(=O)c1cnc2ccccc2n1)C(=O)N[C@@H](Cc1ccccc1F)B(O)O.Cc1ccc(C[C@H](CC(=O)C(C)(C)NC(=O)c2ccccc2C(F)(F)F)B(O)O)cc1. The van der Waals surface area contributed by atoms with Crippen molar-refractivity contribution in [1.29, 1.82) is 0 Å². The van der Waals surface area contributed by atoms with Crippen LogP contribution in [0.2, 0.25) is 12.6 Å². The van der Waals surface area contributed by atoms with Gasteiger partial charge in [0.2, 0.25) is 11.8 Å². The molecular formula is C61H76B3F4N7O11. The fraction of sp³-hybridized carbons (Fsp3) is 0.410. The van der Waals surface area contributed by atoms with E-state index in [0.29, 0.717) is 17.5 Å². The standard InChI is InChI=1S/C22H25BF3NO4.C22H23BFN3O4.C17H28BN3O3/c1-14-8-10-15(11-9-14)12-16(23(30)31)13-19(28)21(2,3)27-20(29)17-6-4-5-7-18(17)22(24,25)26;1-22(2,12-19(28)18-13-25-16-9-5-6-10-17(16)26-18)21(29)27-20(23(30)31)11-14-7-3-4-8-15(14)24;1-16(2,3)10-14(18(6)24)21-15(23)17(4,5)9-13(22)12-11-19-7-8-20-12/h4-11,16,30-31H,12-13H2,1-3H3,(H,27,29);3-10,13,20,30-31H,11-12H2,1-2H3,(H,27,29);7-8,11,14,24H,9-10H2,1-6H3,(H,21,23)/t16-;20-;14-/m100/s1. The molecule has 6 aromatic rings. The average Bonchev–Trinajstić information content (AvgIpc) is 2.45. The van der Waals surface area contributed by atoms with Gasteiger partial charge >= 0.3 is 27.3 Å². The molecule has 0 aliphatic carbocycles. The van der Waals surface area contributed by atoms with E-state index in [-0.39, 0.29) is 77.9 Å². The van der Waals surface area contributed by atoms with Crippen molar-refractivity contribution in [3.63, 3.8) is 0 Å². The first-order valence-corrected chi connectivity index (χ1v) is 27.8. The number of nitrogens with one attached hydrogen (secondary N) is 3. The molecule has 86 heavy (non-hydrogen) atoms. The molecule has 0 saturated heterocycles. The highest BCUT2D eigenvalue weighted by Gasteiger charge is 2.40. The second-order valence-electron chi connectivity index (χ2n) is 24.3. The van der Waals surface area contributed by atoms with E-state index in [1.165, 1.54) is 69.0 Å². The smallest absolute Gasteiger partial charge is 0.449 e. The van der Waals surface area contributed by atoms with E-state index in [4.69, 9.17) is 0 Å². The van der Waals surface area contributed by atoms with Gasteiger partial charge < -0.3 is 41.1 Å². The van der Waals surface area contributed by atoms with E-state index in [1.54, 1.807) is 58.8 Å². The van der Waals surface area contributed by atoms with Gasteiger partial charge in [-0.05, 0) is 86.9 Å². The Labute approximate surface area is 499 Å². The molecule has 0 radical (unpaired) electrons. The number of aromatic nitrogens is 4. The number of carbonyl (C=O) groups is 6. The number of fused-ring (bicyclic) bond motifs is 1. The van der Waals surface area contributed by atoms with Crippen LogP contribution in [-0.4, -0.2) is 119 Å². The number of benzene rings is 4. The van der Waals surface area contributed by atoms with Gasteiger partial charge in [-0.25, -0.2) is 14.4 Å². The normalized spacial score (nSPS) is 12.8. The number of para-hydroxylation sites is 2. The minimum Gasteiger partial charge on any atom is -0.449 e. The van der Waals surface area contributed by atoms with Gasteiger partial charge in [-0.3, -0.25) is 38.7 Å². The largest absolute Gasteiger partial charge is 0.475 e. The van der Waals surface area contributed by atoms with Gasteiger partial charge in [0, 0.05) is 43.4 Å². The fourth-order valence-electron chi connectivity index (χ4n) is 8.69. The highest BCUT2D eigenvalue weighted by molar-refractivity contribution is 6.51. The first-order valence-electron chi connectivity index (χ1n) is 27.8. The van der Waals surface area contributed by atoms with Gasteiger partial charge in [-0.1, -0.05) is 128 Å². The van der Waals surface area contributed by atoms with Crippen molar-refractivity contribution in [3.05, 3.63) is 167 Å². The van der Waals surface area contributed by atoms with Gasteiger partial charge in [0.25, 0.3) is 5.91 Å². The predicted molar refractivity (Wildman–Crippen MR) is 321 cm³/mol. The van der Waals surface area contributed by atoms with E-state index < -0.39 is 90.0 Å². The number of aryl methyl sites for hydroxylation is 1. The molecule has 0 spiro atoms. The average molecular weight is 1190 g/mol. The molecule has 25 heteroatoms. The number of halogens is 4. The third kappa shape index (κ3) is 22.1. The number of nitrogens with zero attached hydrogens (tertiary/aromatic N) is 4. The van der Waals surface area contributed by atoms with Gasteiger partial charge in [0.1, 0.15) is 17.2 Å². The summed E-state index contributed by atoms with van der Waals surface area (Å²) in [4.78, 5) is 92.2. The van der Waals surface area contributed by atoms with Crippen LogP contribution in [0, 0.1) is 29.0 Å². The monoisotopic (exact) mass is 1190 g/mol. The summed E-state index contributed by atoms with van der Waals surface area (Å²) in [5.41, 5.74) is -1.62. The molecule has 18 nitrogen and oxygen atoms in total. The van der Waals surface area contributed by atoms with Crippen molar-refractivity contribution in [1.82, 2.24) is 35.9 Å². The second-order valence-corrected chi connectivity index (χ2v) is 24.3. The summed E-state index contributed by atoms with van der Waals surface area (Å²) < 4.78 is 53.5. The Balaban J connectivity index is 0.000000279. The second kappa shape index (κ2) is 30.7. The van der Waals surface area contributed by atoms with Crippen molar-refractivity contribution in [3.8, 4) is 0 Å². The first-order chi connectivity index (χ1) is 39.9. The molecule has 0 aliphatic rings. The van der Waals surface area contributed by atoms with Crippen LogP contribution in [0.5, 0.6) is 0 Å². The molecule has 458 valence electrons. The van der Waals surface area contributed by atoms with Crippen LogP contribution >= 0.6 is 0 Å². The molecule has 3 atom stereocenters. The number of Topliss-reactive ketones (excluding diaryl/α,β-unsaturated/α-hetero) is 3. The lowest BCUT2D eigenvalue weighted by molar-refractivity contribution is -0.138. The molecule has 3 amide bonds. The lowest BCUT2D eigenvalue weighted by Crippen LogP contribution is -2.52. The predicted octanol–water partition coefficient (Wildman–Crippen LogP) is 7.82. The van der Waals surface area contributed by atoms with Crippen molar-refractivity contribution in [2.45, 2.75) is 144 Å². The molecular weight excluding hydrogens is 1120 g/mol. The number of hydrogen-bond acceptors (Lipinski definition) is 15. The van der Waals surface area contributed by atoms with E-state index in [1.807, 2.05) is 37.3 Å². The summed E-state index contributed by atoms with van der Waals surface area (Å²) in [7, 11) is -3.68. The summed E-state index contributed by atoms with van der Waals surface area (Å²) in [5, 5.41) is 56.5. The van der Waals surface area contributed by atoms with Crippen LogP contribution < -0.4 is 16.0 Å². The molecule has 0 aliphatic heterocycles. The van der Waals surface area contributed by atoms with E-state index in [0.717, 1.165) is 23.3 Å². The zero-order valence-electron chi connectivity index (χ0n) is 50.2. The summed E-state index contributed by atoms with van der Waals surface area (Å²) in [6.07, 6.45) is 1.32. The number of hydrogen-bond donors (Lipinski definition) is 8. The minimum absolute atomic E-state index is 0.0274. The number of amides is 3. The van der Waals surface area contributed by atoms with Crippen molar-refractivity contribution in [2.24, 2.45) is 16.2 Å². The van der Waals surface area contributed by atoms with Crippen molar-refractivity contribution >= 4 is 67.3 Å². The van der Waals surface area contributed by atoms with E-state index in [9.17, 15) is 71.4 Å². The number of carbonyl (C=O) groups excluding carboxylic acids is 6. The molecule has 2 heterocycles. The molecule has 6 rings (SSSR count). The van der Waals surface area contributed by atoms with Crippen LogP contribution in [-0.2, 0) is 33.4 Å². The summed E-state index contributed by atoms with van der Waals surface area (Å²) in [6, 6.07) is 24.7. The molecule has 0 saturated carbocycles. The molecule has 2 aromatic heterocycles. The summed E-state index contributed by atoms with van der Waals surface area (Å²) >= 11 is 0. The van der Waals surface area contributed by atoms with Crippen molar-refractivity contribution < 1.29 is 71.4 Å². The first kappa shape index (κ1) is 70.9. The Hall–Kier alpha value is -7.57. The lowest BCUT2D eigenvalue weighted by Gasteiger charge is -2.31. The minimum atomic E-state index is -4.72. The van der Waals surface area contributed by atoms with Crippen LogP contribution in [0.15, 0.2) is 122 Å². The number of rotatable bonds is 23. The molecule has 4 aromatic carbocycles. The van der Waals surface area contributed by atoms with Crippen molar-refractivity contribution in [2.75, 3.05) is 0 Å². The molecule has 0 bridgehead atoms. The number of alkyl halides is 3. The zero-order valence-corrected chi connectivity index (χ0v) is 50.2. The molecule has 8 N–H and O–H groups in total. The quantitative estimate of drug-likeness (QED) is 0.0172. The third-order valence-electron chi connectivity index (χ3n) is 13.9. The van der Waals surface area contributed by atoms with E-state index >= 15 is 0 Å². The van der Waals surface area contributed by atoms with Gasteiger partial charge in [0.05, 0.1) is 56.9 Å².